The summed E-state index contributed by atoms with van der Waals surface area (Å²) in [6, 6.07) is 17.1. The number of aromatic nitrogens is 2. The van der Waals surface area contributed by atoms with Crippen LogP contribution in [0.2, 0.25) is 0 Å². The molecule has 41 heavy (non-hydrogen) atoms. The molecule has 0 unspecified atom stereocenters. The van der Waals surface area contributed by atoms with Crippen molar-refractivity contribution in [1.29, 1.82) is 0 Å². The largest absolute Gasteiger partial charge is 0.459 e. The highest BCUT2D eigenvalue weighted by Gasteiger charge is 2.34. The van der Waals surface area contributed by atoms with E-state index in [0.29, 0.717) is 36.2 Å². The first kappa shape index (κ1) is 29.7. The van der Waals surface area contributed by atoms with Crippen LogP contribution >= 0.6 is 0 Å². The maximum atomic E-state index is 13.5. The molecule has 2 aromatic carbocycles. The van der Waals surface area contributed by atoms with E-state index in [1.807, 2.05) is 13.8 Å². The van der Waals surface area contributed by atoms with Crippen LogP contribution in [0.3, 0.4) is 0 Å². The van der Waals surface area contributed by atoms with Gasteiger partial charge in [-0.15, -0.1) is 0 Å². The minimum absolute atomic E-state index is 0.221. The average molecular weight is 561 g/mol. The summed E-state index contributed by atoms with van der Waals surface area (Å²) in [5.41, 5.74) is 0.259. The first-order chi connectivity index (χ1) is 19.9. The topological polar surface area (TPSA) is 106 Å². The fourth-order valence-corrected chi connectivity index (χ4v) is 4.53. The number of hydrogen-bond acceptors (Lipinski definition) is 7. The molecule has 0 amide bonds. The Hall–Kier alpha value is -4.24. The van der Waals surface area contributed by atoms with Crippen molar-refractivity contribution in [3.8, 4) is 0 Å². The fraction of sp³-hybridized carbons (Fsp3) is 0.375. The highest BCUT2D eigenvalue weighted by molar-refractivity contribution is 5.90. The summed E-state index contributed by atoms with van der Waals surface area (Å²) in [6.45, 7) is 4.58. The van der Waals surface area contributed by atoms with Crippen molar-refractivity contribution in [2.45, 2.75) is 70.9 Å². The van der Waals surface area contributed by atoms with Crippen LogP contribution in [0, 0.1) is 0 Å². The molecule has 0 spiro atoms. The van der Waals surface area contributed by atoms with Gasteiger partial charge in [0, 0.05) is 19.3 Å². The zero-order valence-electron chi connectivity index (χ0n) is 23.4. The van der Waals surface area contributed by atoms with E-state index in [0.717, 1.165) is 19.3 Å². The molecule has 1 aromatic heterocycles. The predicted molar refractivity (Wildman–Crippen MR) is 154 cm³/mol. The van der Waals surface area contributed by atoms with Gasteiger partial charge in [0.1, 0.15) is 24.9 Å². The molecule has 0 bridgehead atoms. The Morgan fingerprint density at radius 3 is 2.07 bits per heavy atom. The second-order valence-electron chi connectivity index (χ2n) is 9.90. The molecule has 2 heterocycles. The number of nitrogens with zero attached hydrogens (tertiary/aromatic N) is 2. The zero-order valence-corrected chi connectivity index (χ0v) is 23.4. The van der Waals surface area contributed by atoms with Gasteiger partial charge in [-0.1, -0.05) is 69.2 Å². The third kappa shape index (κ3) is 7.49. The number of benzene rings is 2. The lowest BCUT2D eigenvalue weighted by atomic mass is 10.0. The summed E-state index contributed by atoms with van der Waals surface area (Å²) in [6.07, 6.45) is 5.41. The Morgan fingerprint density at radius 1 is 0.829 bits per heavy atom. The third-order valence-corrected chi connectivity index (χ3v) is 6.86. The average Bonchev–Trinajstić information content (AvgIpc) is 3.01. The lowest BCUT2D eigenvalue weighted by Crippen LogP contribution is -2.44. The quantitative estimate of drug-likeness (QED) is 0.234. The van der Waals surface area contributed by atoms with Crippen molar-refractivity contribution >= 4 is 11.9 Å². The van der Waals surface area contributed by atoms with E-state index in [9.17, 15) is 19.2 Å². The van der Waals surface area contributed by atoms with Gasteiger partial charge in [0.2, 0.25) is 0 Å². The Bertz CT molecular complexity index is 1460. The smallest absolute Gasteiger partial charge is 0.338 e. The maximum absolute atomic E-state index is 13.5. The van der Waals surface area contributed by atoms with Crippen molar-refractivity contribution in [2.75, 3.05) is 6.61 Å². The first-order valence-corrected chi connectivity index (χ1v) is 14.1. The van der Waals surface area contributed by atoms with E-state index < -0.39 is 35.8 Å². The highest BCUT2D eigenvalue weighted by Crippen LogP contribution is 2.27. The molecule has 4 rings (SSSR count). The van der Waals surface area contributed by atoms with Gasteiger partial charge in [0.25, 0.3) is 5.56 Å². The van der Waals surface area contributed by atoms with Gasteiger partial charge >= 0.3 is 17.6 Å². The molecule has 0 aliphatic carbocycles. The lowest BCUT2D eigenvalue weighted by molar-refractivity contribution is -0.0910. The summed E-state index contributed by atoms with van der Waals surface area (Å²) in [4.78, 5) is 52.1. The molecule has 9 heteroatoms. The number of hydrogen-bond donors (Lipinski definition) is 0. The number of rotatable bonds is 12. The molecular weight excluding hydrogens is 524 g/mol. The van der Waals surface area contributed by atoms with Gasteiger partial charge in [-0.25, -0.2) is 14.4 Å². The zero-order chi connectivity index (χ0) is 29.2. The lowest BCUT2D eigenvalue weighted by Gasteiger charge is -2.32. The van der Waals surface area contributed by atoms with E-state index in [2.05, 4.69) is 0 Å². The second-order valence-corrected chi connectivity index (χ2v) is 9.90. The summed E-state index contributed by atoms with van der Waals surface area (Å²) in [5, 5.41) is 0. The van der Waals surface area contributed by atoms with E-state index >= 15 is 0 Å². The second kappa shape index (κ2) is 14.4. The minimum atomic E-state index is -0.898. The molecule has 0 fully saturated rings. The van der Waals surface area contributed by atoms with Gasteiger partial charge in [-0.2, -0.15) is 0 Å². The molecule has 0 radical (unpaired) electrons. The Morgan fingerprint density at radius 2 is 1.44 bits per heavy atom. The van der Waals surface area contributed by atoms with E-state index in [4.69, 9.17) is 14.2 Å². The monoisotopic (exact) mass is 560 g/mol. The molecule has 9 nitrogen and oxygen atoms in total. The van der Waals surface area contributed by atoms with Crippen LogP contribution in [0.25, 0.3) is 0 Å². The van der Waals surface area contributed by atoms with Crippen LogP contribution in [0.1, 0.15) is 71.9 Å². The molecule has 216 valence electrons. The van der Waals surface area contributed by atoms with Crippen molar-refractivity contribution in [1.82, 2.24) is 9.13 Å². The number of ether oxygens (including phenoxy) is 3. The number of esters is 2. The molecular formula is C32H36N2O7. The Balaban J connectivity index is 1.64. The summed E-state index contributed by atoms with van der Waals surface area (Å²) >= 11 is 0. The molecule has 1 aliphatic heterocycles. The number of unbranched alkanes of at least 4 members (excludes halogenated alkanes) is 2. The van der Waals surface area contributed by atoms with Gasteiger partial charge in [-0.05, 0) is 43.2 Å². The van der Waals surface area contributed by atoms with Crippen LogP contribution in [0.15, 0.2) is 88.6 Å². The van der Waals surface area contributed by atoms with Gasteiger partial charge in [0.05, 0.1) is 16.7 Å². The van der Waals surface area contributed by atoms with Crippen LogP contribution in [-0.4, -0.2) is 39.9 Å². The highest BCUT2D eigenvalue weighted by atomic mass is 16.6. The normalized spacial score (nSPS) is 18.1. The molecule has 0 N–H and O–H groups in total. The van der Waals surface area contributed by atoms with Crippen LogP contribution < -0.4 is 11.2 Å². The van der Waals surface area contributed by atoms with Crippen LogP contribution in [0.4, 0.5) is 0 Å². The fourth-order valence-electron chi connectivity index (χ4n) is 4.53. The summed E-state index contributed by atoms with van der Waals surface area (Å²) < 4.78 is 20.4. The van der Waals surface area contributed by atoms with Crippen molar-refractivity contribution < 1.29 is 23.8 Å². The number of aryl methyl sites for hydroxylation is 1. The van der Waals surface area contributed by atoms with E-state index in [-0.39, 0.29) is 12.3 Å². The maximum Gasteiger partial charge on any atom is 0.338 e. The standard InChI is InChI=1S/C32H36N2O7/c1-3-5-19-33-21-25(29(35)34(32(33)38)20-6-4-2)26-17-18-27(41-31(37)24-15-11-8-12-16-24)28(40-26)22-39-30(36)23-13-9-7-10-14-23/h7-18,21,26-28H,3-6,19-20,22H2,1-2H3/t26-,27+,28+/m0/s1. The van der Waals surface area contributed by atoms with E-state index in [1.54, 1.807) is 83.6 Å². The summed E-state index contributed by atoms with van der Waals surface area (Å²) in [7, 11) is 0. The van der Waals surface area contributed by atoms with Gasteiger partial charge in [-0.3, -0.25) is 9.36 Å². The molecule has 1 aliphatic rings. The molecule has 3 atom stereocenters. The van der Waals surface area contributed by atoms with Crippen molar-refractivity contribution in [2.24, 2.45) is 0 Å². The van der Waals surface area contributed by atoms with Crippen LogP contribution in [0.5, 0.6) is 0 Å². The number of carbonyl (C=O) groups excluding carboxylic acids is 2. The molecule has 0 saturated heterocycles. The Labute approximate surface area is 239 Å². The molecule has 3 aromatic rings. The molecule has 0 saturated carbocycles. The SMILES string of the molecule is CCCCn1cc([C@@H]2C=C[C@@H](OC(=O)c3ccccc3)[C@@H](COC(=O)c3ccccc3)O2)c(=O)n(CCCC)c1=O. The van der Waals surface area contributed by atoms with Crippen molar-refractivity contribution in [3.63, 3.8) is 0 Å². The van der Waals surface area contributed by atoms with Crippen LogP contribution in [-0.2, 0) is 27.3 Å². The third-order valence-electron chi connectivity index (χ3n) is 6.86. The van der Waals surface area contributed by atoms with E-state index in [1.165, 1.54) is 4.57 Å². The first-order valence-electron chi connectivity index (χ1n) is 14.1. The Kier molecular flexibility index (Phi) is 10.5. The van der Waals surface area contributed by atoms with Gasteiger partial charge < -0.3 is 18.8 Å². The minimum Gasteiger partial charge on any atom is -0.459 e. The van der Waals surface area contributed by atoms with Crippen molar-refractivity contribution in [3.05, 3.63) is 117 Å². The van der Waals surface area contributed by atoms with Gasteiger partial charge in [0.15, 0.2) is 0 Å². The number of carbonyl (C=O) groups is 2. The summed E-state index contributed by atoms with van der Waals surface area (Å²) in [5.74, 6) is -1.11. The predicted octanol–water partition coefficient (Wildman–Crippen LogP) is 4.69.